The predicted octanol–water partition coefficient (Wildman–Crippen LogP) is 1.66. The van der Waals surface area contributed by atoms with Gasteiger partial charge in [0.15, 0.2) is 5.96 Å². The zero-order valence-corrected chi connectivity index (χ0v) is 17.6. The molecule has 0 aliphatic heterocycles. The number of carbonyl (C=O) groups is 1. The first-order valence-electron chi connectivity index (χ1n) is 8.52. The number of aliphatic imine (C=N–C) groups is 1. The smallest absolute Gasteiger partial charge is 0.251 e. The van der Waals surface area contributed by atoms with Crippen LogP contribution < -0.4 is 16.0 Å². The minimum Gasteiger partial charge on any atom is -0.357 e. The standard InChI is InChI=1S/C18H26N6O.HI/c1-3-21-18(23-10-12-24-11-9-20-14-24)22-8-7-15-5-4-6-16(13-15)17(25)19-2;/h4-6,9,11,13-14H,3,7-8,10,12H2,1-2H3,(H,19,25)(H2,21,22,23);1H. The summed E-state index contributed by atoms with van der Waals surface area (Å²) in [5, 5.41) is 9.19. The summed E-state index contributed by atoms with van der Waals surface area (Å²) in [6.07, 6.45) is 6.28. The minimum atomic E-state index is -0.0696. The third kappa shape index (κ3) is 7.42. The minimum absolute atomic E-state index is 0. The van der Waals surface area contributed by atoms with Gasteiger partial charge in [0.05, 0.1) is 6.33 Å². The van der Waals surface area contributed by atoms with Gasteiger partial charge >= 0.3 is 0 Å². The van der Waals surface area contributed by atoms with E-state index in [1.807, 2.05) is 42.0 Å². The highest BCUT2D eigenvalue weighted by Crippen LogP contribution is 2.06. The van der Waals surface area contributed by atoms with Gasteiger partial charge in [0.25, 0.3) is 5.91 Å². The van der Waals surface area contributed by atoms with Crippen molar-refractivity contribution in [2.75, 3.05) is 26.7 Å². The Morgan fingerprint density at radius 2 is 2.15 bits per heavy atom. The Morgan fingerprint density at radius 3 is 2.85 bits per heavy atom. The summed E-state index contributed by atoms with van der Waals surface area (Å²) in [7, 11) is 1.64. The van der Waals surface area contributed by atoms with E-state index in [1.54, 1.807) is 19.6 Å². The summed E-state index contributed by atoms with van der Waals surface area (Å²) in [5.41, 5.74) is 1.77. The van der Waals surface area contributed by atoms with Gasteiger partial charge in [-0.1, -0.05) is 12.1 Å². The Labute approximate surface area is 171 Å². The van der Waals surface area contributed by atoms with Crippen LogP contribution in [0.5, 0.6) is 0 Å². The maximum Gasteiger partial charge on any atom is 0.251 e. The summed E-state index contributed by atoms with van der Waals surface area (Å²) in [6, 6.07) is 7.64. The van der Waals surface area contributed by atoms with E-state index in [0.717, 1.165) is 37.6 Å². The first-order chi connectivity index (χ1) is 12.2. The van der Waals surface area contributed by atoms with Crippen molar-refractivity contribution in [3.63, 3.8) is 0 Å². The van der Waals surface area contributed by atoms with Gasteiger partial charge in [-0.3, -0.25) is 9.79 Å². The Balaban J connectivity index is 0.00000338. The van der Waals surface area contributed by atoms with E-state index in [-0.39, 0.29) is 29.9 Å². The number of nitrogens with zero attached hydrogens (tertiary/aromatic N) is 3. The van der Waals surface area contributed by atoms with Crippen molar-refractivity contribution in [2.45, 2.75) is 19.9 Å². The molecule has 1 amide bonds. The predicted molar refractivity (Wildman–Crippen MR) is 115 cm³/mol. The van der Waals surface area contributed by atoms with Gasteiger partial charge in [0.2, 0.25) is 0 Å². The Bertz CT molecular complexity index is 687. The first kappa shape index (κ1) is 21.9. The van der Waals surface area contributed by atoms with Crippen LogP contribution in [0.15, 0.2) is 48.0 Å². The molecule has 1 aromatic carbocycles. The lowest BCUT2D eigenvalue weighted by atomic mass is 10.1. The molecular weight excluding hydrogens is 443 g/mol. The number of guanidine groups is 1. The lowest BCUT2D eigenvalue weighted by Gasteiger charge is -2.11. The van der Waals surface area contributed by atoms with Crippen molar-refractivity contribution < 1.29 is 4.79 Å². The molecule has 0 aliphatic rings. The monoisotopic (exact) mass is 470 g/mol. The molecule has 2 rings (SSSR count). The second-order valence-electron chi connectivity index (χ2n) is 5.52. The highest BCUT2D eigenvalue weighted by atomic mass is 127. The van der Waals surface area contributed by atoms with E-state index < -0.39 is 0 Å². The number of imidazole rings is 1. The molecular formula is C18H27IN6O. The van der Waals surface area contributed by atoms with Crippen molar-refractivity contribution in [2.24, 2.45) is 4.99 Å². The summed E-state index contributed by atoms with van der Waals surface area (Å²) in [4.78, 5) is 20.3. The van der Waals surface area contributed by atoms with Gasteiger partial charge in [-0.05, 0) is 31.0 Å². The van der Waals surface area contributed by atoms with Crippen LogP contribution in [0.1, 0.15) is 22.8 Å². The van der Waals surface area contributed by atoms with Crippen LogP contribution in [0.2, 0.25) is 0 Å². The number of hydrogen-bond acceptors (Lipinski definition) is 3. The van der Waals surface area contributed by atoms with Crippen LogP contribution >= 0.6 is 24.0 Å². The van der Waals surface area contributed by atoms with E-state index in [4.69, 9.17) is 0 Å². The fourth-order valence-electron chi connectivity index (χ4n) is 2.37. The van der Waals surface area contributed by atoms with E-state index in [2.05, 4.69) is 25.9 Å². The van der Waals surface area contributed by atoms with E-state index in [1.165, 1.54) is 0 Å². The topological polar surface area (TPSA) is 83.3 Å². The number of carbonyl (C=O) groups excluding carboxylic acids is 1. The zero-order valence-electron chi connectivity index (χ0n) is 15.2. The third-order valence-corrected chi connectivity index (χ3v) is 3.65. The van der Waals surface area contributed by atoms with Gasteiger partial charge in [-0.15, -0.1) is 24.0 Å². The van der Waals surface area contributed by atoms with Crippen molar-refractivity contribution in [1.29, 1.82) is 0 Å². The molecule has 0 bridgehead atoms. The number of halogens is 1. The van der Waals surface area contributed by atoms with Gasteiger partial charge < -0.3 is 20.5 Å². The summed E-state index contributed by atoms with van der Waals surface area (Å²) < 4.78 is 2.01. The van der Waals surface area contributed by atoms with Crippen molar-refractivity contribution >= 4 is 35.8 Å². The summed E-state index contributed by atoms with van der Waals surface area (Å²) in [6.45, 7) is 5.10. The first-order valence-corrected chi connectivity index (χ1v) is 8.52. The molecule has 142 valence electrons. The largest absolute Gasteiger partial charge is 0.357 e. The quantitative estimate of drug-likeness (QED) is 0.312. The highest BCUT2D eigenvalue weighted by molar-refractivity contribution is 14.0. The van der Waals surface area contributed by atoms with Crippen LogP contribution in [-0.2, 0) is 13.0 Å². The van der Waals surface area contributed by atoms with E-state index in [0.29, 0.717) is 12.1 Å². The SMILES string of the molecule is CCNC(=NCCc1cccc(C(=O)NC)c1)NCCn1ccnc1.I. The molecule has 0 fully saturated rings. The second kappa shape index (κ2) is 12.3. The second-order valence-corrected chi connectivity index (χ2v) is 5.52. The molecule has 8 heteroatoms. The number of rotatable bonds is 8. The number of hydrogen-bond donors (Lipinski definition) is 3. The van der Waals surface area contributed by atoms with Crippen molar-refractivity contribution in [3.05, 3.63) is 54.1 Å². The zero-order chi connectivity index (χ0) is 17.9. The molecule has 0 unspecified atom stereocenters. The van der Waals surface area contributed by atoms with Gasteiger partial charge in [0, 0.05) is 51.2 Å². The Morgan fingerprint density at radius 1 is 1.31 bits per heavy atom. The fourth-order valence-corrected chi connectivity index (χ4v) is 2.37. The lowest BCUT2D eigenvalue weighted by molar-refractivity contribution is 0.0963. The molecule has 1 aromatic heterocycles. The molecule has 0 saturated carbocycles. The number of amides is 1. The highest BCUT2D eigenvalue weighted by Gasteiger charge is 2.03. The van der Waals surface area contributed by atoms with Crippen molar-refractivity contribution in [1.82, 2.24) is 25.5 Å². The summed E-state index contributed by atoms with van der Waals surface area (Å²) in [5.74, 6) is 0.727. The normalized spacial score (nSPS) is 10.8. The van der Waals surface area contributed by atoms with Crippen LogP contribution in [0, 0.1) is 0 Å². The van der Waals surface area contributed by atoms with Crippen LogP contribution in [0.4, 0.5) is 0 Å². The number of nitrogens with one attached hydrogen (secondary N) is 3. The van der Waals surface area contributed by atoms with Gasteiger partial charge in [0.1, 0.15) is 0 Å². The lowest BCUT2D eigenvalue weighted by Crippen LogP contribution is -2.39. The van der Waals surface area contributed by atoms with Crippen LogP contribution in [0.3, 0.4) is 0 Å². The molecule has 3 N–H and O–H groups in total. The van der Waals surface area contributed by atoms with Crippen molar-refractivity contribution in [3.8, 4) is 0 Å². The molecule has 0 atom stereocenters. The summed E-state index contributed by atoms with van der Waals surface area (Å²) >= 11 is 0. The van der Waals surface area contributed by atoms with Crippen LogP contribution in [0.25, 0.3) is 0 Å². The Hall–Kier alpha value is -2.10. The average Bonchev–Trinajstić information content (AvgIpc) is 3.15. The molecule has 26 heavy (non-hydrogen) atoms. The third-order valence-electron chi connectivity index (χ3n) is 3.65. The molecule has 0 radical (unpaired) electrons. The van der Waals surface area contributed by atoms with E-state index >= 15 is 0 Å². The maximum atomic E-state index is 11.7. The number of benzene rings is 1. The molecule has 7 nitrogen and oxygen atoms in total. The van der Waals surface area contributed by atoms with Crippen LogP contribution in [-0.4, -0.2) is 48.1 Å². The molecule has 0 aliphatic carbocycles. The molecule has 2 aromatic rings. The van der Waals surface area contributed by atoms with Gasteiger partial charge in [-0.2, -0.15) is 0 Å². The average molecular weight is 470 g/mol. The number of aromatic nitrogens is 2. The maximum absolute atomic E-state index is 11.7. The molecule has 1 heterocycles. The molecule has 0 spiro atoms. The molecule has 0 saturated heterocycles. The fraction of sp³-hybridized carbons (Fsp3) is 0.389. The Kier molecular flexibility index (Phi) is 10.4. The van der Waals surface area contributed by atoms with Gasteiger partial charge in [-0.25, -0.2) is 4.98 Å². The van der Waals surface area contributed by atoms with E-state index in [9.17, 15) is 4.79 Å².